The quantitative estimate of drug-likeness (QED) is 0.220. The molecule has 2 amide bonds. The van der Waals surface area contributed by atoms with E-state index >= 15 is 0 Å². The number of carbonyl (C=O) groups excluding carboxylic acids is 4. The smallest absolute Gasteiger partial charge is 0.427 e. The van der Waals surface area contributed by atoms with E-state index in [1.165, 1.54) is 20.2 Å². The molecule has 2 saturated carbocycles. The lowest BCUT2D eigenvalue weighted by molar-refractivity contribution is -0.257. The number of alkyl halides is 3. The van der Waals surface area contributed by atoms with Crippen LogP contribution < -0.4 is 14.2 Å². The van der Waals surface area contributed by atoms with Gasteiger partial charge in [-0.3, -0.25) is 23.9 Å². The maximum atomic E-state index is 15.0. The molecular formula is C41H52F3N3O9S. The molecule has 7 atom stereocenters. The van der Waals surface area contributed by atoms with Crippen molar-refractivity contribution in [1.29, 1.82) is 0 Å². The number of esters is 1. The molecule has 2 aromatic rings. The van der Waals surface area contributed by atoms with E-state index in [1.54, 1.807) is 37.3 Å². The topological polar surface area (TPSA) is 158 Å². The third-order valence-corrected chi connectivity index (χ3v) is 14.2. The Labute approximate surface area is 339 Å². The minimum Gasteiger partial charge on any atom is -0.497 e. The Kier molecular flexibility index (Phi) is 9.47. The molecule has 2 aliphatic heterocycles. The highest BCUT2D eigenvalue weighted by molar-refractivity contribution is 7.91. The Morgan fingerprint density at radius 1 is 1.12 bits per heavy atom. The van der Waals surface area contributed by atoms with Crippen LogP contribution in [-0.2, 0) is 33.9 Å². The van der Waals surface area contributed by atoms with Crippen LogP contribution in [0.5, 0.6) is 11.6 Å². The van der Waals surface area contributed by atoms with Crippen LogP contribution in [0.15, 0.2) is 42.6 Å². The van der Waals surface area contributed by atoms with Crippen LogP contribution in [0.1, 0.15) is 100 Å². The molecule has 16 heteroatoms. The number of allylic oxidation sites excluding steroid dienone is 2. The molecule has 2 aliphatic carbocycles. The van der Waals surface area contributed by atoms with Gasteiger partial charge in [-0.05, 0) is 107 Å². The predicted molar refractivity (Wildman–Crippen MR) is 203 cm³/mol. The average molecular weight is 826 g/mol. The van der Waals surface area contributed by atoms with E-state index in [2.05, 4.69) is 14.4 Å². The maximum Gasteiger partial charge on any atom is 0.427 e. The molecule has 1 saturated heterocycles. The summed E-state index contributed by atoms with van der Waals surface area (Å²) < 4.78 is 133. The predicted octanol–water partition coefficient (Wildman–Crippen LogP) is 6.46. The van der Waals surface area contributed by atoms with E-state index in [4.69, 9.17) is 17.7 Å². The lowest BCUT2D eigenvalue weighted by Crippen LogP contribution is -2.48. The minimum absolute atomic E-state index is 0.130. The second-order valence-corrected chi connectivity index (χ2v) is 18.7. The van der Waals surface area contributed by atoms with Gasteiger partial charge in [-0.15, -0.1) is 0 Å². The van der Waals surface area contributed by atoms with Gasteiger partial charge in [0, 0.05) is 32.6 Å². The Morgan fingerprint density at radius 3 is 2.53 bits per heavy atom. The highest BCUT2D eigenvalue weighted by Gasteiger charge is 2.63. The number of sulfonamides is 1. The summed E-state index contributed by atoms with van der Waals surface area (Å²) >= 11 is 0. The zero-order valence-electron chi connectivity index (χ0n) is 38.2. The summed E-state index contributed by atoms with van der Waals surface area (Å²) in [7, 11) is -2.62. The maximum absolute atomic E-state index is 15.0. The first-order chi connectivity index (χ1) is 29.1. The zero-order valence-corrected chi connectivity index (χ0v) is 33.0. The van der Waals surface area contributed by atoms with Gasteiger partial charge in [-0.1, -0.05) is 26.0 Å². The number of halogens is 3. The third-order valence-electron chi connectivity index (χ3n) is 12.1. The first-order valence-electron chi connectivity index (χ1n) is 22.0. The molecular weight excluding hydrogens is 768 g/mol. The molecule has 312 valence electrons. The van der Waals surface area contributed by atoms with E-state index < -0.39 is 112 Å². The second-order valence-electron chi connectivity index (χ2n) is 16.5. The number of rotatable bonds is 9. The molecule has 1 aromatic carbocycles. The summed E-state index contributed by atoms with van der Waals surface area (Å²) in [5, 5.41) is 1.23. The van der Waals surface area contributed by atoms with Gasteiger partial charge in [0.1, 0.15) is 11.9 Å². The Balaban J connectivity index is 1.39. The largest absolute Gasteiger partial charge is 0.497 e. The number of aromatic nitrogens is 1. The number of Topliss-reactive ketones (excluding diaryl/α,β-unsaturated/α-hetero) is 1. The highest BCUT2D eigenvalue weighted by Crippen LogP contribution is 2.58. The van der Waals surface area contributed by atoms with Crippen LogP contribution in [0.4, 0.5) is 13.2 Å². The number of methoxy groups -OCH3 is 1. The molecule has 1 N–H and O–H groups in total. The highest BCUT2D eigenvalue weighted by atomic mass is 32.2. The molecule has 3 heterocycles. The van der Waals surface area contributed by atoms with Gasteiger partial charge in [-0.2, -0.15) is 13.2 Å². The number of ketones is 1. The fourth-order valence-corrected chi connectivity index (χ4v) is 9.38. The summed E-state index contributed by atoms with van der Waals surface area (Å²) in [5.41, 5.74) is -6.43. The summed E-state index contributed by atoms with van der Waals surface area (Å²) in [4.78, 5) is 62.8. The van der Waals surface area contributed by atoms with Crippen molar-refractivity contribution in [3.63, 3.8) is 0 Å². The molecule has 57 heavy (non-hydrogen) atoms. The van der Waals surface area contributed by atoms with Crippen LogP contribution in [0.25, 0.3) is 10.8 Å². The number of ether oxygens (including phenoxy) is 3. The Bertz CT molecular complexity index is 2230. The van der Waals surface area contributed by atoms with Gasteiger partial charge in [0.25, 0.3) is 0 Å². The number of carbonyl (C=O) groups is 4. The van der Waals surface area contributed by atoms with Gasteiger partial charge in [0.2, 0.25) is 33.3 Å². The molecule has 0 unspecified atom stereocenters. The number of fused-ring (bicyclic) bond motifs is 3. The first kappa shape index (κ1) is 34.8. The van der Waals surface area contributed by atoms with Crippen LogP contribution in [0.3, 0.4) is 0 Å². The third kappa shape index (κ3) is 8.80. The van der Waals surface area contributed by atoms with Crippen LogP contribution >= 0.6 is 0 Å². The lowest BCUT2D eigenvalue weighted by atomic mass is 9.82. The Morgan fingerprint density at radius 2 is 1.86 bits per heavy atom. The van der Waals surface area contributed by atoms with Gasteiger partial charge >= 0.3 is 12.1 Å². The van der Waals surface area contributed by atoms with Crippen molar-refractivity contribution in [2.45, 2.75) is 121 Å². The number of pyridine rings is 1. The van der Waals surface area contributed by atoms with E-state index in [9.17, 15) is 40.8 Å². The van der Waals surface area contributed by atoms with Crippen molar-refractivity contribution in [2.75, 3.05) is 13.7 Å². The van der Waals surface area contributed by atoms with Gasteiger partial charge < -0.3 is 19.1 Å². The van der Waals surface area contributed by atoms with Crippen molar-refractivity contribution in [3.05, 3.63) is 42.6 Å². The number of benzene rings is 1. The minimum atomic E-state index is -6.10. The summed E-state index contributed by atoms with van der Waals surface area (Å²) in [5.74, 6) is -6.74. The number of amides is 2. The van der Waals surface area contributed by atoms with Crippen LogP contribution in [0.2, 0.25) is 0 Å². The molecule has 4 aliphatic rings. The molecule has 0 spiro atoms. The number of nitrogens with zero attached hydrogens (tertiary/aromatic N) is 2. The van der Waals surface area contributed by atoms with E-state index in [1.807, 2.05) is 13.0 Å². The van der Waals surface area contributed by atoms with Crippen molar-refractivity contribution in [2.24, 2.45) is 29.1 Å². The fourth-order valence-electron chi connectivity index (χ4n) is 8.04. The molecule has 3 fully saturated rings. The average Bonchev–Trinajstić information content (AvgIpc) is 4.05. The molecule has 6 rings (SSSR count). The molecule has 12 nitrogen and oxygen atoms in total. The summed E-state index contributed by atoms with van der Waals surface area (Å²) in [6, 6.07) is 5.46. The number of nitrogens with one attached hydrogen (secondary N) is 1. The molecule has 0 radical (unpaired) electrons. The van der Waals surface area contributed by atoms with Gasteiger partial charge in [0.15, 0.2) is 5.78 Å². The van der Waals surface area contributed by atoms with E-state index in [0.717, 1.165) is 4.90 Å². The van der Waals surface area contributed by atoms with Crippen molar-refractivity contribution in [1.82, 2.24) is 14.6 Å². The summed E-state index contributed by atoms with van der Waals surface area (Å²) in [6.45, 7) is -4.22. The summed E-state index contributed by atoms with van der Waals surface area (Å²) in [6.07, 6.45) is -1.84. The van der Waals surface area contributed by atoms with Crippen molar-refractivity contribution in [3.8, 4) is 11.6 Å². The first-order valence-corrected chi connectivity index (χ1v) is 20.5. The number of hydrogen-bond acceptors (Lipinski definition) is 10. The second kappa shape index (κ2) is 15.5. The van der Waals surface area contributed by atoms with Gasteiger partial charge in [-0.25, -0.2) is 13.4 Å². The van der Waals surface area contributed by atoms with Crippen LogP contribution in [0, 0.1) is 29.1 Å². The normalized spacial score (nSPS) is 31.9. The van der Waals surface area contributed by atoms with Gasteiger partial charge in [0.05, 0.1) is 42.2 Å². The standard InChI is InChI=1S/C41H52F3N3O9S/c1-24-9-7-8-10-27-21-40(27,37(51)46-57(52,53)39(5)14-15-39)22-33(48)32-19-29(55-35-30-12-11-28(54-6)18-26(30)13-16-45-35)23-47(32)36(50)31(25(2)17-24)20-34(49)56-38(3,4)41(42,43)44/h8,10-13,16,18,24-25,27,29,31-32H,7,9,14-15,17,19-23H2,1-6H3,(H,46,51)/b10-8-/t24-,25-,27-,29-,31+,32+,40-/m1/s1/i3D3,4D3. The van der Waals surface area contributed by atoms with E-state index in [-0.39, 0.29) is 37.6 Å². The SMILES string of the molecule is [2H]C([2H])([2H])C(OC(=O)C[C@@H]1C(=O)N2C[C@H](Oc3nccc4cc(OC)ccc34)C[C@H]2C(=O)C[C@]2(C(=O)NS(=O)(=O)C3(C)CC3)C[C@H]2/C=C\CC[C@@H](C)C[C@H]1C)(C([2H])([2H])[2H])C(F)(F)F. The molecule has 0 bridgehead atoms. The fraction of sp³-hybridized carbons (Fsp3) is 0.634. The zero-order chi connectivity index (χ0) is 46.7. The van der Waals surface area contributed by atoms with Crippen LogP contribution in [-0.4, -0.2) is 84.2 Å². The monoisotopic (exact) mass is 825 g/mol. The van der Waals surface area contributed by atoms with Crippen molar-refractivity contribution >= 4 is 44.4 Å². The molecule has 1 aromatic heterocycles. The van der Waals surface area contributed by atoms with E-state index in [0.29, 0.717) is 42.2 Å². The number of hydrogen-bond donors (Lipinski definition) is 1. The lowest BCUT2D eigenvalue weighted by Gasteiger charge is -2.33. The van der Waals surface area contributed by atoms with Crippen molar-refractivity contribution < 1.29 is 63.2 Å². The Hall–Kier alpha value is -4.21.